The third-order valence-electron chi connectivity index (χ3n) is 8.54. The lowest BCUT2D eigenvalue weighted by Crippen LogP contribution is -2.74. The number of carbonyl (C=O) groups is 2. The van der Waals surface area contributed by atoms with E-state index in [2.05, 4.69) is 6.92 Å². The first kappa shape index (κ1) is 22.7. The summed E-state index contributed by atoms with van der Waals surface area (Å²) in [5.74, 6) is -1.66. The van der Waals surface area contributed by atoms with E-state index in [1.54, 1.807) is 0 Å². The molecule has 7 nitrogen and oxygen atoms in total. The van der Waals surface area contributed by atoms with Gasteiger partial charge in [-0.1, -0.05) is 26.3 Å². The Labute approximate surface area is 184 Å². The summed E-state index contributed by atoms with van der Waals surface area (Å²) in [4.78, 5) is 24.0. The summed E-state index contributed by atoms with van der Waals surface area (Å²) < 4.78 is 17.3. The predicted octanol–water partition coefficient (Wildman–Crippen LogP) is 2.52. The minimum atomic E-state index is -1.14. The second-order valence-electron chi connectivity index (χ2n) is 11.0. The molecule has 174 valence electrons. The van der Waals surface area contributed by atoms with E-state index in [9.17, 15) is 19.8 Å². The monoisotopic (exact) mass is 436 g/mol. The van der Waals surface area contributed by atoms with Gasteiger partial charge in [-0.2, -0.15) is 0 Å². The van der Waals surface area contributed by atoms with E-state index in [1.165, 1.54) is 13.8 Å². The highest BCUT2D eigenvalue weighted by Crippen LogP contribution is 2.62. The number of rotatable bonds is 2. The van der Waals surface area contributed by atoms with Crippen LogP contribution in [-0.4, -0.2) is 58.8 Å². The maximum Gasteiger partial charge on any atom is 0.303 e. The van der Waals surface area contributed by atoms with E-state index >= 15 is 0 Å². The third-order valence-corrected chi connectivity index (χ3v) is 8.54. The molecule has 4 aliphatic rings. The molecule has 0 unspecified atom stereocenters. The van der Waals surface area contributed by atoms with Gasteiger partial charge in [-0.3, -0.25) is 9.59 Å². The van der Waals surface area contributed by atoms with Gasteiger partial charge in [-0.05, 0) is 42.6 Å². The zero-order valence-corrected chi connectivity index (χ0v) is 19.4. The fraction of sp³-hybridized carbons (Fsp3) is 0.833. The highest BCUT2D eigenvalue weighted by Gasteiger charge is 2.68. The molecule has 8 atom stereocenters. The van der Waals surface area contributed by atoms with Crippen molar-refractivity contribution in [3.63, 3.8) is 0 Å². The quantitative estimate of drug-likeness (QED) is 0.506. The predicted molar refractivity (Wildman–Crippen MR) is 112 cm³/mol. The number of hydrogen-bond donors (Lipinski definition) is 2. The van der Waals surface area contributed by atoms with Gasteiger partial charge in [0.2, 0.25) is 0 Å². The van der Waals surface area contributed by atoms with Crippen LogP contribution in [0, 0.1) is 22.7 Å². The van der Waals surface area contributed by atoms with Crippen molar-refractivity contribution in [3.05, 3.63) is 11.1 Å². The van der Waals surface area contributed by atoms with Crippen molar-refractivity contribution in [1.82, 2.24) is 0 Å². The highest BCUT2D eigenvalue weighted by atomic mass is 16.6. The maximum absolute atomic E-state index is 12.1. The number of hydrogen-bond acceptors (Lipinski definition) is 7. The molecule has 3 fully saturated rings. The molecular weight excluding hydrogens is 400 g/mol. The van der Waals surface area contributed by atoms with Crippen LogP contribution in [0.1, 0.15) is 67.2 Å². The fourth-order valence-electron chi connectivity index (χ4n) is 7.58. The van der Waals surface area contributed by atoms with Crippen LogP contribution in [0.15, 0.2) is 11.1 Å². The Morgan fingerprint density at radius 3 is 2.32 bits per heavy atom. The van der Waals surface area contributed by atoms with Crippen molar-refractivity contribution in [2.75, 3.05) is 6.61 Å². The summed E-state index contributed by atoms with van der Waals surface area (Å²) in [5.41, 5.74) is -0.164. The molecule has 3 aliphatic carbocycles. The summed E-state index contributed by atoms with van der Waals surface area (Å²) in [5, 5.41) is 23.5. The zero-order valence-electron chi connectivity index (χ0n) is 19.4. The first-order valence-corrected chi connectivity index (χ1v) is 11.4. The Kier molecular flexibility index (Phi) is 5.35. The molecule has 0 aromatic heterocycles. The zero-order chi connectivity index (χ0) is 22.9. The van der Waals surface area contributed by atoms with Crippen molar-refractivity contribution < 1.29 is 34.0 Å². The van der Waals surface area contributed by atoms with Crippen molar-refractivity contribution in [2.45, 2.75) is 97.2 Å². The lowest BCUT2D eigenvalue weighted by molar-refractivity contribution is -0.325. The molecule has 0 amide bonds. The van der Waals surface area contributed by atoms with Crippen molar-refractivity contribution in [2.24, 2.45) is 22.7 Å². The minimum absolute atomic E-state index is 0.181. The molecule has 0 aromatic carbocycles. The molecule has 1 aliphatic heterocycles. The largest absolute Gasteiger partial charge is 0.462 e. The molecule has 1 saturated heterocycles. The summed E-state index contributed by atoms with van der Waals surface area (Å²) in [6.07, 6.45) is 0.278. The van der Waals surface area contributed by atoms with Crippen LogP contribution in [-0.2, 0) is 23.8 Å². The Morgan fingerprint density at radius 1 is 1.13 bits per heavy atom. The Morgan fingerprint density at radius 2 is 1.77 bits per heavy atom. The molecule has 1 heterocycles. The molecule has 2 N–H and O–H groups in total. The van der Waals surface area contributed by atoms with Gasteiger partial charge in [0.05, 0.1) is 18.8 Å². The molecule has 31 heavy (non-hydrogen) atoms. The van der Waals surface area contributed by atoms with Crippen molar-refractivity contribution in [3.8, 4) is 0 Å². The van der Waals surface area contributed by atoms with Crippen LogP contribution in [0.4, 0.5) is 0 Å². The lowest BCUT2D eigenvalue weighted by atomic mass is 9.47. The van der Waals surface area contributed by atoms with Gasteiger partial charge in [0.25, 0.3) is 0 Å². The topological polar surface area (TPSA) is 102 Å². The van der Waals surface area contributed by atoms with Gasteiger partial charge >= 0.3 is 11.9 Å². The smallest absolute Gasteiger partial charge is 0.303 e. The second-order valence-corrected chi connectivity index (χ2v) is 11.0. The molecular formula is C24H36O7. The number of ether oxygens (including phenoxy) is 3. The molecule has 0 radical (unpaired) electrons. The van der Waals surface area contributed by atoms with E-state index in [1.807, 2.05) is 20.8 Å². The summed E-state index contributed by atoms with van der Waals surface area (Å²) >= 11 is 0. The molecule has 0 spiro atoms. The summed E-state index contributed by atoms with van der Waals surface area (Å²) in [7, 11) is 0. The Balaban J connectivity index is 1.90. The number of esters is 2. The van der Waals surface area contributed by atoms with Gasteiger partial charge in [0.1, 0.15) is 17.8 Å². The minimum Gasteiger partial charge on any atom is -0.462 e. The lowest BCUT2D eigenvalue weighted by Gasteiger charge is -2.65. The Bertz CT molecular complexity index is 817. The summed E-state index contributed by atoms with van der Waals surface area (Å²) in [6, 6.07) is 0. The molecule has 4 rings (SSSR count). The molecule has 0 aromatic rings. The van der Waals surface area contributed by atoms with E-state index < -0.39 is 52.5 Å². The Hall–Kier alpha value is -1.44. The first-order chi connectivity index (χ1) is 14.3. The highest BCUT2D eigenvalue weighted by molar-refractivity contribution is 5.67. The van der Waals surface area contributed by atoms with Crippen LogP contribution in [0.25, 0.3) is 0 Å². The van der Waals surface area contributed by atoms with Gasteiger partial charge in [0.15, 0.2) is 0 Å². The maximum atomic E-state index is 12.1. The first-order valence-electron chi connectivity index (χ1n) is 11.4. The number of aliphatic hydroxyl groups excluding tert-OH is 1. The molecule has 2 saturated carbocycles. The van der Waals surface area contributed by atoms with Crippen LogP contribution in [0.3, 0.4) is 0 Å². The number of fused-ring (bicyclic) bond motifs is 5. The average molecular weight is 437 g/mol. The van der Waals surface area contributed by atoms with Crippen molar-refractivity contribution in [1.29, 1.82) is 0 Å². The van der Waals surface area contributed by atoms with Crippen LogP contribution >= 0.6 is 0 Å². The van der Waals surface area contributed by atoms with Gasteiger partial charge in [-0.25, -0.2) is 0 Å². The fourth-order valence-corrected chi connectivity index (χ4v) is 7.58. The SMILES string of the molecule is CC(=O)O[C@H]1C[C@]2(C)CC[C@H]3OC[C@@]3(O)[C@H]2[C@H](O)[C@@H]2[C@@H](OC(C)=O)CC(C)=C1C2(C)C. The third kappa shape index (κ3) is 3.35. The van der Waals surface area contributed by atoms with Gasteiger partial charge < -0.3 is 24.4 Å². The average Bonchev–Trinajstić information content (AvgIpc) is 2.56. The van der Waals surface area contributed by atoms with E-state index in [0.717, 1.165) is 17.6 Å². The normalized spacial score (nSPS) is 45.9. The second kappa shape index (κ2) is 7.29. The van der Waals surface area contributed by atoms with E-state index in [-0.39, 0.29) is 18.7 Å². The molecule has 2 bridgehead atoms. The number of carbonyl (C=O) groups excluding carboxylic acids is 2. The van der Waals surface area contributed by atoms with E-state index in [0.29, 0.717) is 19.3 Å². The van der Waals surface area contributed by atoms with Crippen molar-refractivity contribution >= 4 is 11.9 Å². The molecule has 7 heteroatoms. The van der Waals surface area contributed by atoms with E-state index in [4.69, 9.17) is 14.2 Å². The van der Waals surface area contributed by atoms with Gasteiger partial charge in [0, 0.05) is 32.1 Å². The number of aliphatic hydroxyl groups is 2. The summed E-state index contributed by atoms with van der Waals surface area (Å²) in [6.45, 7) is 11.1. The van der Waals surface area contributed by atoms with Crippen LogP contribution < -0.4 is 0 Å². The van der Waals surface area contributed by atoms with Crippen LogP contribution in [0.2, 0.25) is 0 Å². The van der Waals surface area contributed by atoms with Gasteiger partial charge in [-0.15, -0.1) is 0 Å². The standard InChI is InChI=1S/C24H36O7/c1-12-9-15(30-13(2)25)19-20(27)21-23(6,8-7-17-24(21,28)11-29-17)10-16(31-14(3)26)18(12)22(19,4)5/h15-17,19-21,27-28H,7-11H2,1-6H3/t15-,16-,17+,19-,20+,21-,23-,24-/m0/s1. The van der Waals surface area contributed by atoms with Crippen LogP contribution in [0.5, 0.6) is 0 Å².